The summed E-state index contributed by atoms with van der Waals surface area (Å²) < 4.78 is 32.6. The molecular weight excluding hydrogens is 344 g/mol. The molecule has 1 aromatic carbocycles. The molecule has 0 unspecified atom stereocenters. The smallest absolute Gasteiger partial charge is 0.319 e. The molecule has 0 saturated carbocycles. The molecular formula is C16H26N4O4S. The van der Waals surface area contributed by atoms with Gasteiger partial charge in [-0.2, -0.15) is 12.7 Å². The first-order chi connectivity index (χ1) is 11.9. The van der Waals surface area contributed by atoms with Gasteiger partial charge in [-0.1, -0.05) is 6.07 Å². The van der Waals surface area contributed by atoms with E-state index in [1.165, 1.54) is 14.1 Å². The maximum absolute atomic E-state index is 12.0. The molecule has 2 amide bonds. The Hall–Kier alpha value is -1.84. The molecule has 1 atom stereocenters. The van der Waals surface area contributed by atoms with Crippen LogP contribution in [0.15, 0.2) is 24.3 Å². The number of carbonyl (C=O) groups excluding carboxylic acids is 1. The zero-order valence-electron chi connectivity index (χ0n) is 14.6. The maximum Gasteiger partial charge on any atom is 0.319 e. The highest BCUT2D eigenvalue weighted by Crippen LogP contribution is 2.18. The fraction of sp³-hybridized carbons (Fsp3) is 0.562. The molecule has 8 nitrogen and oxygen atoms in total. The van der Waals surface area contributed by atoms with Crippen molar-refractivity contribution in [1.82, 2.24) is 9.62 Å². The van der Waals surface area contributed by atoms with Crippen molar-refractivity contribution >= 4 is 27.6 Å². The molecule has 1 aromatic rings. The molecule has 3 N–H and O–H groups in total. The molecule has 140 valence electrons. The normalized spacial score (nSPS) is 18.0. The number of urea groups is 1. The minimum absolute atomic E-state index is 0.315. The monoisotopic (exact) mass is 370 g/mol. The van der Waals surface area contributed by atoms with Gasteiger partial charge in [0.15, 0.2) is 0 Å². The van der Waals surface area contributed by atoms with E-state index in [1.54, 1.807) is 24.3 Å². The number of nitrogens with zero attached hydrogens (tertiary/aromatic N) is 1. The van der Waals surface area contributed by atoms with Crippen molar-refractivity contribution < 1.29 is 17.9 Å². The topological polar surface area (TPSA) is 99.8 Å². The van der Waals surface area contributed by atoms with Crippen LogP contribution < -0.4 is 15.4 Å². The van der Waals surface area contributed by atoms with Crippen molar-refractivity contribution in [3.05, 3.63) is 24.3 Å². The van der Waals surface area contributed by atoms with E-state index in [2.05, 4.69) is 15.4 Å². The standard InChI is InChI=1S/C16H26N4O4S/c1-20(2)25(22,23)19-15-7-3-6-14(11-15)18-16(21)17-9-8-13-5-4-10-24-12-13/h3,6-7,11,13,19H,4-5,8-10,12H2,1-2H3,(H2,17,18,21)/t13-/m1/s1. The molecule has 2 rings (SSSR count). The molecule has 0 aliphatic carbocycles. The van der Waals surface area contributed by atoms with E-state index < -0.39 is 10.2 Å². The summed E-state index contributed by atoms with van der Waals surface area (Å²) in [4.78, 5) is 12.0. The van der Waals surface area contributed by atoms with Gasteiger partial charge < -0.3 is 15.4 Å². The first-order valence-corrected chi connectivity index (χ1v) is 9.74. The van der Waals surface area contributed by atoms with Crippen LogP contribution in [-0.2, 0) is 14.9 Å². The number of ether oxygens (including phenoxy) is 1. The minimum atomic E-state index is -3.58. The lowest BCUT2D eigenvalue weighted by Gasteiger charge is -2.21. The summed E-state index contributed by atoms with van der Waals surface area (Å²) in [5, 5.41) is 5.52. The molecule has 0 aromatic heterocycles. The van der Waals surface area contributed by atoms with Crippen LogP contribution in [0, 0.1) is 5.92 Å². The van der Waals surface area contributed by atoms with Crippen molar-refractivity contribution in [3.63, 3.8) is 0 Å². The van der Waals surface area contributed by atoms with Crippen LogP contribution in [0.4, 0.5) is 16.2 Å². The van der Waals surface area contributed by atoms with Gasteiger partial charge >= 0.3 is 16.2 Å². The number of hydrogen-bond donors (Lipinski definition) is 3. The highest BCUT2D eigenvalue weighted by Gasteiger charge is 2.15. The lowest BCUT2D eigenvalue weighted by atomic mass is 9.99. The lowest BCUT2D eigenvalue weighted by Crippen LogP contribution is -2.32. The van der Waals surface area contributed by atoms with Crippen LogP contribution in [0.25, 0.3) is 0 Å². The van der Waals surface area contributed by atoms with Crippen LogP contribution in [0.1, 0.15) is 19.3 Å². The van der Waals surface area contributed by atoms with E-state index in [4.69, 9.17) is 4.74 Å². The first-order valence-electron chi connectivity index (χ1n) is 8.30. The summed E-state index contributed by atoms with van der Waals surface area (Å²) in [5.74, 6) is 0.498. The third-order valence-electron chi connectivity index (χ3n) is 3.94. The number of benzene rings is 1. The lowest BCUT2D eigenvalue weighted by molar-refractivity contribution is 0.0520. The maximum atomic E-state index is 12.0. The Morgan fingerprint density at radius 1 is 1.32 bits per heavy atom. The van der Waals surface area contributed by atoms with Crippen molar-refractivity contribution in [2.45, 2.75) is 19.3 Å². The predicted molar refractivity (Wildman–Crippen MR) is 97.9 cm³/mol. The average Bonchev–Trinajstić information content (AvgIpc) is 2.55. The average molecular weight is 370 g/mol. The van der Waals surface area contributed by atoms with Crippen molar-refractivity contribution in [2.24, 2.45) is 5.92 Å². The Labute approximate surface area is 149 Å². The van der Waals surface area contributed by atoms with E-state index in [-0.39, 0.29) is 6.03 Å². The molecule has 1 heterocycles. The molecule has 0 radical (unpaired) electrons. The SMILES string of the molecule is CN(C)S(=O)(=O)Nc1cccc(NC(=O)NCC[C@H]2CCCOC2)c1. The molecule has 1 saturated heterocycles. The van der Waals surface area contributed by atoms with Crippen molar-refractivity contribution in [2.75, 3.05) is 43.9 Å². The Kier molecular flexibility index (Phi) is 7.03. The highest BCUT2D eigenvalue weighted by molar-refractivity contribution is 7.90. The van der Waals surface area contributed by atoms with Gasteiger partial charge in [-0.05, 0) is 43.4 Å². The van der Waals surface area contributed by atoms with Crippen LogP contribution >= 0.6 is 0 Å². The summed E-state index contributed by atoms with van der Waals surface area (Å²) in [6.45, 7) is 2.17. The molecule has 1 aliphatic heterocycles. The molecule has 9 heteroatoms. The number of carbonyl (C=O) groups is 1. The van der Waals surface area contributed by atoms with Gasteiger partial charge in [0.05, 0.1) is 5.69 Å². The van der Waals surface area contributed by atoms with E-state index >= 15 is 0 Å². The largest absolute Gasteiger partial charge is 0.381 e. The van der Waals surface area contributed by atoms with E-state index in [1.807, 2.05) is 0 Å². The fourth-order valence-electron chi connectivity index (χ4n) is 2.50. The summed E-state index contributed by atoms with van der Waals surface area (Å²) in [6.07, 6.45) is 3.10. The van der Waals surface area contributed by atoms with Gasteiger partial charge in [-0.3, -0.25) is 4.72 Å². The predicted octanol–water partition coefficient (Wildman–Crippen LogP) is 1.84. The summed E-state index contributed by atoms with van der Waals surface area (Å²) in [6, 6.07) is 6.23. The van der Waals surface area contributed by atoms with Gasteiger partial charge in [0.25, 0.3) is 0 Å². The van der Waals surface area contributed by atoms with E-state index in [0.29, 0.717) is 23.8 Å². The van der Waals surface area contributed by atoms with Crippen LogP contribution in [-0.4, -0.2) is 52.6 Å². The van der Waals surface area contributed by atoms with Gasteiger partial charge in [0, 0.05) is 39.5 Å². The van der Waals surface area contributed by atoms with Crippen LogP contribution in [0.5, 0.6) is 0 Å². The van der Waals surface area contributed by atoms with Crippen LogP contribution in [0.2, 0.25) is 0 Å². The van der Waals surface area contributed by atoms with Gasteiger partial charge in [0.2, 0.25) is 0 Å². The quantitative estimate of drug-likeness (QED) is 0.682. The Bertz CT molecular complexity index is 672. The number of nitrogens with one attached hydrogen (secondary N) is 3. The zero-order valence-corrected chi connectivity index (χ0v) is 15.4. The molecule has 0 bridgehead atoms. The zero-order chi connectivity index (χ0) is 18.3. The number of amides is 2. The fourth-order valence-corrected chi connectivity index (χ4v) is 3.11. The Morgan fingerprint density at radius 3 is 2.76 bits per heavy atom. The molecule has 1 aliphatic rings. The van der Waals surface area contributed by atoms with E-state index in [0.717, 1.165) is 36.8 Å². The van der Waals surface area contributed by atoms with Crippen molar-refractivity contribution in [3.8, 4) is 0 Å². The second-order valence-electron chi connectivity index (χ2n) is 6.22. The number of anilines is 2. The third kappa shape index (κ3) is 6.52. The Morgan fingerprint density at radius 2 is 2.08 bits per heavy atom. The van der Waals surface area contributed by atoms with Crippen LogP contribution in [0.3, 0.4) is 0 Å². The molecule has 0 spiro atoms. The Balaban J connectivity index is 1.81. The summed E-state index contributed by atoms with van der Waals surface area (Å²) >= 11 is 0. The second kappa shape index (κ2) is 9.02. The van der Waals surface area contributed by atoms with Crippen molar-refractivity contribution in [1.29, 1.82) is 0 Å². The van der Waals surface area contributed by atoms with E-state index in [9.17, 15) is 13.2 Å². The van der Waals surface area contributed by atoms with Gasteiger partial charge in [-0.25, -0.2) is 4.79 Å². The second-order valence-corrected chi connectivity index (χ2v) is 8.11. The first kappa shape index (κ1) is 19.5. The third-order valence-corrected chi connectivity index (χ3v) is 5.40. The number of hydrogen-bond acceptors (Lipinski definition) is 4. The van der Waals surface area contributed by atoms with Gasteiger partial charge in [0.1, 0.15) is 0 Å². The highest BCUT2D eigenvalue weighted by atomic mass is 32.2. The minimum Gasteiger partial charge on any atom is -0.381 e. The van der Waals surface area contributed by atoms with Gasteiger partial charge in [-0.15, -0.1) is 0 Å². The molecule has 25 heavy (non-hydrogen) atoms. The molecule has 1 fully saturated rings. The summed E-state index contributed by atoms with van der Waals surface area (Å²) in [5.41, 5.74) is 0.892. The number of rotatable bonds is 7. The summed E-state index contributed by atoms with van der Waals surface area (Å²) in [7, 11) is -0.701.